The highest BCUT2D eigenvalue weighted by Gasteiger charge is 2.24. The summed E-state index contributed by atoms with van der Waals surface area (Å²) in [5.74, 6) is 0.578. The molecular formula is C33H38N4O2. The number of carbonyl (C=O) groups is 1. The Labute approximate surface area is 231 Å². The largest absolute Gasteiger partial charge is 0.435 e. The van der Waals surface area contributed by atoms with Gasteiger partial charge in [0.1, 0.15) is 0 Å². The van der Waals surface area contributed by atoms with E-state index in [1.165, 1.54) is 30.5 Å². The van der Waals surface area contributed by atoms with E-state index in [1.54, 1.807) is 0 Å². The van der Waals surface area contributed by atoms with E-state index in [4.69, 9.17) is 9.40 Å². The highest BCUT2D eigenvalue weighted by molar-refractivity contribution is 6.07. The van der Waals surface area contributed by atoms with Crippen LogP contribution in [0.2, 0.25) is 0 Å². The molecule has 0 radical (unpaired) electrons. The van der Waals surface area contributed by atoms with Gasteiger partial charge in [-0.2, -0.15) is 0 Å². The van der Waals surface area contributed by atoms with Gasteiger partial charge in [0.2, 0.25) is 5.89 Å². The summed E-state index contributed by atoms with van der Waals surface area (Å²) in [7, 11) is 3.98. The van der Waals surface area contributed by atoms with Crippen LogP contribution >= 0.6 is 0 Å². The lowest BCUT2D eigenvalue weighted by Gasteiger charge is -2.28. The van der Waals surface area contributed by atoms with Gasteiger partial charge < -0.3 is 19.5 Å². The molecular weight excluding hydrogens is 484 g/mol. The number of nitrogens with zero attached hydrogens (tertiary/aromatic N) is 3. The number of aromatic nitrogens is 1. The first-order valence-electron chi connectivity index (χ1n) is 13.7. The molecule has 1 aliphatic rings. The van der Waals surface area contributed by atoms with Crippen LogP contribution in [0.15, 0.2) is 77.2 Å². The first-order valence-corrected chi connectivity index (χ1v) is 13.7. The van der Waals surface area contributed by atoms with Crippen LogP contribution in [0.3, 0.4) is 0 Å². The molecule has 39 heavy (non-hydrogen) atoms. The van der Waals surface area contributed by atoms with Crippen LogP contribution < -0.4 is 15.1 Å². The number of rotatable bonds is 6. The summed E-state index contributed by atoms with van der Waals surface area (Å²) in [6.45, 7) is 8.72. The SMILES string of the molecule is CN(C)c1cccc(-c2oc(-c3ccc(C(C)(C)C)cc3)nc2C(=O)Nc2ccc(N3CCCCC3)cc2)c1. The summed E-state index contributed by atoms with van der Waals surface area (Å²) in [5.41, 5.74) is 6.10. The summed E-state index contributed by atoms with van der Waals surface area (Å²) < 4.78 is 6.31. The summed E-state index contributed by atoms with van der Waals surface area (Å²) in [6.07, 6.45) is 3.75. The van der Waals surface area contributed by atoms with Crippen molar-refractivity contribution < 1.29 is 9.21 Å². The smallest absolute Gasteiger partial charge is 0.278 e. The molecule has 0 bridgehead atoms. The Morgan fingerprint density at radius 3 is 2.23 bits per heavy atom. The zero-order valence-electron chi connectivity index (χ0n) is 23.6. The number of hydrogen-bond acceptors (Lipinski definition) is 5. The third kappa shape index (κ3) is 6.00. The van der Waals surface area contributed by atoms with Gasteiger partial charge >= 0.3 is 0 Å². The van der Waals surface area contributed by atoms with Crippen molar-refractivity contribution in [2.24, 2.45) is 0 Å². The number of oxazole rings is 1. The normalized spacial score (nSPS) is 13.8. The fourth-order valence-electron chi connectivity index (χ4n) is 4.93. The number of amides is 1. The molecule has 5 rings (SSSR count). The molecule has 1 saturated heterocycles. The molecule has 3 aromatic carbocycles. The van der Waals surface area contributed by atoms with Crippen molar-refractivity contribution in [1.29, 1.82) is 0 Å². The number of benzene rings is 3. The van der Waals surface area contributed by atoms with Crippen molar-refractivity contribution in [2.45, 2.75) is 45.4 Å². The lowest BCUT2D eigenvalue weighted by atomic mass is 9.87. The maximum Gasteiger partial charge on any atom is 0.278 e. The molecule has 0 spiro atoms. The van der Waals surface area contributed by atoms with Crippen molar-refractivity contribution >= 4 is 23.0 Å². The summed E-state index contributed by atoms with van der Waals surface area (Å²) in [6, 6.07) is 24.2. The van der Waals surface area contributed by atoms with E-state index in [0.717, 1.165) is 35.6 Å². The maximum atomic E-state index is 13.6. The average Bonchev–Trinajstić information content (AvgIpc) is 3.40. The molecule has 0 unspecified atom stereocenters. The van der Waals surface area contributed by atoms with Gasteiger partial charge in [-0.1, -0.05) is 45.0 Å². The van der Waals surface area contributed by atoms with E-state index in [0.29, 0.717) is 11.7 Å². The molecule has 0 aliphatic carbocycles. The van der Waals surface area contributed by atoms with Gasteiger partial charge in [-0.3, -0.25) is 4.79 Å². The minimum atomic E-state index is -0.299. The number of piperidine rings is 1. The highest BCUT2D eigenvalue weighted by Crippen LogP contribution is 2.33. The van der Waals surface area contributed by atoms with E-state index in [9.17, 15) is 4.79 Å². The molecule has 1 aromatic heterocycles. The van der Waals surface area contributed by atoms with E-state index in [-0.39, 0.29) is 17.0 Å². The predicted octanol–water partition coefficient (Wildman–Crippen LogP) is 7.61. The Bertz CT molecular complexity index is 1420. The molecule has 4 aromatic rings. The van der Waals surface area contributed by atoms with Gasteiger partial charge in [-0.05, 0) is 78.8 Å². The van der Waals surface area contributed by atoms with Crippen molar-refractivity contribution in [3.63, 3.8) is 0 Å². The molecule has 6 nitrogen and oxygen atoms in total. The van der Waals surface area contributed by atoms with Crippen LogP contribution in [0, 0.1) is 0 Å². The number of anilines is 3. The lowest BCUT2D eigenvalue weighted by Crippen LogP contribution is -2.29. The predicted molar refractivity (Wildman–Crippen MR) is 161 cm³/mol. The van der Waals surface area contributed by atoms with E-state index >= 15 is 0 Å². The van der Waals surface area contributed by atoms with Crippen LogP contribution in [0.25, 0.3) is 22.8 Å². The van der Waals surface area contributed by atoms with Crippen LogP contribution in [-0.2, 0) is 5.41 Å². The van der Waals surface area contributed by atoms with Gasteiger partial charge in [0.25, 0.3) is 5.91 Å². The van der Waals surface area contributed by atoms with Gasteiger partial charge in [0.15, 0.2) is 11.5 Å². The first kappa shape index (κ1) is 26.5. The summed E-state index contributed by atoms with van der Waals surface area (Å²) in [4.78, 5) is 22.7. The second-order valence-corrected chi connectivity index (χ2v) is 11.5. The topological polar surface area (TPSA) is 61.6 Å². The van der Waals surface area contributed by atoms with Gasteiger partial charge in [0, 0.05) is 55.4 Å². The number of nitrogens with one attached hydrogen (secondary N) is 1. The first-order chi connectivity index (χ1) is 18.7. The fourth-order valence-corrected chi connectivity index (χ4v) is 4.93. The second-order valence-electron chi connectivity index (χ2n) is 11.5. The minimum absolute atomic E-state index is 0.0432. The zero-order chi connectivity index (χ0) is 27.6. The molecule has 202 valence electrons. The van der Waals surface area contributed by atoms with Crippen molar-refractivity contribution in [3.8, 4) is 22.8 Å². The summed E-state index contributed by atoms with van der Waals surface area (Å²) >= 11 is 0. The third-order valence-electron chi connectivity index (χ3n) is 7.31. The molecule has 1 amide bonds. The zero-order valence-corrected chi connectivity index (χ0v) is 23.6. The summed E-state index contributed by atoms with van der Waals surface area (Å²) in [5, 5.41) is 3.04. The second kappa shape index (κ2) is 11.0. The van der Waals surface area contributed by atoms with E-state index in [2.05, 4.69) is 55.3 Å². The Kier molecular flexibility index (Phi) is 7.47. The van der Waals surface area contributed by atoms with Gasteiger partial charge in [-0.15, -0.1) is 0 Å². The van der Waals surface area contributed by atoms with Gasteiger partial charge in [-0.25, -0.2) is 4.98 Å². The van der Waals surface area contributed by atoms with Gasteiger partial charge in [0.05, 0.1) is 0 Å². The fraction of sp³-hybridized carbons (Fsp3) is 0.333. The molecule has 2 heterocycles. The number of hydrogen-bond donors (Lipinski definition) is 1. The molecule has 0 saturated carbocycles. The minimum Gasteiger partial charge on any atom is -0.435 e. The molecule has 1 aliphatic heterocycles. The Hall–Kier alpha value is -4.06. The van der Waals surface area contributed by atoms with E-state index in [1.807, 2.05) is 67.5 Å². The Morgan fingerprint density at radius 1 is 0.897 bits per heavy atom. The van der Waals surface area contributed by atoms with Crippen molar-refractivity contribution in [3.05, 3.63) is 84.1 Å². The maximum absolute atomic E-state index is 13.6. The van der Waals surface area contributed by atoms with Crippen LogP contribution in [-0.4, -0.2) is 38.1 Å². The Balaban J connectivity index is 1.46. The van der Waals surface area contributed by atoms with Crippen LogP contribution in [0.5, 0.6) is 0 Å². The Morgan fingerprint density at radius 2 is 1.59 bits per heavy atom. The molecule has 6 heteroatoms. The monoisotopic (exact) mass is 522 g/mol. The average molecular weight is 523 g/mol. The lowest BCUT2D eigenvalue weighted by molar-refractivity contribution is 0.102. The van der Waals surface area contributed by atoms with E-state index < -0.39 is 0 Å². The quantitative estimate of drug-likeness (QED) is 0.282. The number of carbonyl (C=O) groups excluding carboxylic acids is 1. The third-order valence-corrected chi connectivity index (χ3v) is 7.31. The molecule has 0 atom stereocenters. The van der Waals surface area contributed by atoms with Crippen LogP contribution in [0.1, 0.15) is 56.1 Å². The molecule has 1 N–H and O–H groups in total. The van der Waals surface area contributed by atoms with Crippen molar-refractivity contribution in [2.75, 3.05) is 42.3 Å². The van der Waals surface area contributed by atoms with Crippen molar-refractivity contribution in [1.82, 2.24) is 4.98 Å². The standard InChI is InChI=1S/C33H38N4O2/c1-33(2,3)25-14-12-23(13-15-25)32-35-29(30(39-32)24-10-9-11-28(22-24)36(4)5)31(38)34-26-16-18-27(19-17-26)37-20-7-6-8-21-37/h9-19,22H,6-8,20-21H2,1-5H3,(H,34,38). The van der Waals surface area contributed by atoms with Crippen LogP contribution in [0.4, 0.5) is 17.1 Å². The molecule has 1 fully saturated rings. The highest BCUT2D eigenvalue weighted by atomic mass is 16.4.